The second-order valence-electron chi connectivity index (χ2n) is 4.76. The van der Waals surface area contributed by atoms with E-state index in [0.29, 0.717) is 5.69 Å². The van der Waals surface area contributed by atoms with Gasteiger partial charge in [0, 0.05) is 0 Å². The number of hydrogen-bond donors (Lipinski definition) is 0. The summed E-state index contributed by atoms with van der Waals surface area (Å²) in [7, 11) is 0. The quantitative estimate of drug-likeness (QED) is 0.256. The Morgan fingerprint density at radius 1 is 1.13 bits per heavy atom. The number of nitro groups is 1. The number of nitro benzene ring substituents is 1. The minimum absolute atomic E-state index is 0.0535. The van der Waals surface area contributed by atoms with Crippen molar-refractivity contribution in [1.82, 2.24) is 4.90 Å². The Hall–Kier alpha value is -2.17. The van der Waals surface area contributed by atoms with Gasteiger partial charge >= 0.3 is 142 Å². The van der Waals surface area contributed by atoms with Crippen LogP contribution >= 0.6 is 0 Å². The van der Waals surface area contributed by atoms with Crippen LogP contribution in [0.2, 0.25) is 0 Å². The molecule has 0 unspecified atom stereocenters. The van der Waals surface area contributed by atoms with Crippen LogP contribution in [0.5, 0.6) is 0 Å². The first kappa shape index (κ1) is 17.2. The van der Waals surface area contributed by atoms with Crippen molar-refractivity contribution in [2.45, 2.75) is 13.8 Å². The number of hydrogen-bond acceptors (Lipinski definition) is 3. The Morgan fingerprint density at radius 3 is 2.43 bits per heavy atom. The second-order valence-corrected chi connectivity index (χ2v) is 6.94. The molecule has 0 aliphatic carbocycles. The van der Waals surface area contributed by atoms with Gasteiger partial charge in [0.15, 0.2) is 0 Å². The van der Waals surface area contributed by atoms with Crippen LogP contribution in [0.4, 0.5) is 11.4 Å². The number of rotatable bonds is 6. The molecule has 0 atom stereocenters. The molecule has 23 heavy (non-hydrogen) atoms. The van der Waals surface area contributed by atoms with Gasteiger partial charge in [0.1, 0.15) is 0 Å². The van der Waals surface area contributed by atoms with Gasteiger partial charge in [-0.15, -0.1) is 0 Å². The van der Waals surface area contributed by atoms with Crippen LogP contribution in [0, 0.1) is 10.1 Å². The van der Waals surface area contributed by atoms with Crippen LogP contribution in [-0.2, 0) is 0 Å². The van der Waals surface area contributed by atoms with Crippen molar-refractivity contribution in [3.8, 4) is 0 Å². The number of non-ortho nitro benzene ring substituents is 1. The average Bonchev–Trinajstić information content (AvgIpc) is 2.57. The molecule has 5 nitrogen and oxygen atoms in total. The van der Waals surface area contributed by atoms with Crippen molar-refractivity contribution in [2.24, 2.45) is 4.99 Å². The third-order valence-corrected chi connectivity index (χ3v) is 5.43. The maximum atomic E-state index is 10.9. The monoisotopic (exact) mass is 377 g/mol. The van der Waals surface area contributed by atoms with E-state index in [1.165, 1.54) is 16.6 Å². The molecule has 0 aliphatic heterocycles. The Balaban J connectivity index is 2.36. The van der Waals surface area contributed by atoms with Crippen molar-refractivity contribution in [2.75, 3.05) is 13.1 Å². The molecule has 0 heterocycles. The van der Waals surface area contributed by atoms with Crippen LogP contribution in [0.15, 0.2) is 59.6 Å². The van der Waals surface area contributed by atoms with Gasteiger partial charge < -0.3 is 0 Å². The van der Waals surface area contributed by atoms with Gasteiger partial charge in [0.2, 0.25) is 0 Å². The molecular weight excluding hydrogens is 357 g/mol. The van der Waals surface area contributed by atoms with E-state index < -0.39 is 4.92 Å². The van der Waals surface area contributed by atoms with Crippen LogP contribution in [0.3, 0.4) is 0 Å². The average molecular weight is 376 g/mol. The molecule has 0 spiro atoms. The summed E-state index contributed by atoms with van der Waals surface area (Å²) in [6.45, 7) is 5.90. The van der Waals surface area contributed by atoms with Gasteiger partial charge in [-0.25, -0.2) is 0 Å². The van der Waals surface area contributed by atoms with Crippen molar-refractivity contribution in [3.63, 3.8) is 0 Å². The van der Waals surface area contributed by atoms with Crippen molar-refractivity contribution in [1.29, 1.82) is 0 Å². The maximum absolute atomic E-state index is 10.9. The molecule has 0 bridgehead atoms. The van der Waals surface area contributed by atoms with Crippen molar-refractivity contribution < 1.29 is 4.92 Å². The molecule has 2 aromatic carbocycles. The molecule has 0 amide bonds. The number of amidine groups is 1. The third-order valence-electron chi connectivity index (χ3n) is 3.25. The van der Waals surface area contributed by atoms with Crippen LogP contribution < -0.4 is 4.46 Å². The molecule has 6 heteroatoms. The standard InChI is InChI=1S/C17H19N3O2Se/c1-3-19(4-2)17(23-16-11-6-5-7-12-16)18-14-9-8-10-15(13-14)20(21)22/h5-13H,3-4H2,1-2H3. The third kappa shape index (κ3) is 4.91. The Morgan fingerprint density at radius 2 is 1.83 bits per heavy atom. The van der Waals surface area contributed by atoms with E-state index in [4.69, 9.17) is 4.99 Å². The zero-order valence-electron chi connectivity index (χ0n) is 13.2. The van der Waals surface area contributed by atoms with E-state index in [9.17, 15) is 10.1 Å². The molecule has 2 rings (SSSR count). The summed E-state index contributed by atoms with van der Waals surface area (Å²) in [5.41, 5.74) is 0.691. The van der Waals surface area contributed by atoms with Gasteiger partial charge in [-0.3, -0.25) is 0 Å². The molecule has 0 radical (unpaired) electrons. The predicted octanol–water partition coefficient (Wildman–Crippen LogP) is 2.95. The van der Waals surface area contributed by atoms with E-state index in [0.717, 1.165) is 17.8 Å². The molecule has 0 aliphatic rings. The van der Waals surface area contributed by atoms with E-state index in [2.05, 4.69) is 30.9 Å². The zero-order chi connectivity index (χ0) is 16.7. The number of benzene rings is 2. The fraction of sp³-hybridized carbons (Fsp3) is 0.235. The first-order valence-electron chi connectivity index (χ1n) is 7.45. The summed E-state index contributed by atoms with van der Waals surface area (Å²) in [6, 6.07) is 16.7. The number of nitrogens with zero attached hydrogens (tertiary/aromatic N) is 3. The fourth-order valence-electron chi connectivity index (χ4n) is 2.03. The molecular formula is C17H19N3O2Se. The summed E-state index contributed by atoms with van der Waals surface area (Å²) >= 11 is 0.0535. The summed E-state index contributed by atoms with van der Waals surface area (Å²) in [4.78, 5) is 17.4. The molecule has 0 fully saturated rings. The van der Waals surface area contributed by atoms with Crippen LogP contribution in [-0.4, -0.2) is 42.6 Å². The van der Waals surface area contributed by atoms with Gasteiger partial charge in [0.05, 0.1) is 0 Å². The SMILES string of the molecule is CCN(CC)C(=Nc1cccc([N+](=O)[O-])c1)[Se]c1ccccc1. The predicted molar refractivity (Wildman–Crippen MR) is 94.9 cm³/mol. The van der Waals surface area contributed by atoms with E-state index in [-0.39, 0.29) is 20.6 Å². The van der Waals surface area contributed by atoms with Gasteiger partial charge in [0.25, 0.3) is 0 Å². The number of aliphatic imine (C=N–C) groups is 1. The molecule has 0 N–H and O–H groups in total. The Bertz CT molecular complexity index is 685. The fourth-order valence-corrected chi connectivity index (χ4v) is 4.22. The topological polar surface area (TPSA) is 58.7 Å². The molecule has 2 aromatic rings. The van der Waals surface area contributed by atoms with Crippen LogP contribution in [0.25, 0.3) is 0 Å². The van der Waals surface area contributed by atoms with Gasteiger partial charge in [-0.1, -0.05) is 0 Å². The van der Waals surface area contributed by atoms with E-state index in [1.54, 1.807) is 12.1 Å². The summed E-state index contributed by atoms with van der Waals surface area (Å²) in [6.07, 6.45) is 0. The molecule has 0 saturated carbocycles. The first-order valence-corrected chi connectivity index (χ1v) is 9.16. The summed E-state index contributed by atoms with van der Waals surface area (Å²) in [5, 5.41) is 10.9. The van der Waals surface area contributed by atoms with E-state index >= 15 is 0 Å². The van der Waals surface area contributed by atoms with Crippen LogP contribution in [0.1, 0.15) is 13.8 Å². The minimum atomic E-state index is -0.390. The summed E-state index contributed by atoms with van der Waals surface area (Å²) < 4.78 is 2.21. The Kier molecular flexibility index (Phi) is 6.32. The van der Waals surface area contributed by atoms with Gasteiger partial charge in [-0.2, -0.15) is 0 Å². The molecule has 120 valence electrons. The normalized spacial score (nSPS) is 11.3. The van der Waals surface area contributed by atoms with E-state index in [1.807, 2.05) is 18.2 Å². The molecule has 0 aromatic heterocycles. The Labute approximate surface area is 142 Å². The zero-order valence-corrected chi connectivity index (χ0v) is 14.9. The summed E-state index contributed by atoms with van der Waals surface area (Å²) in [5.74, 6) is 0. The van der Waals surface area contributed by atoms with Gasteiger partial charge in [-0.05, 0) is 0 Å². The first-order chi connectivity index (χ1) is 11.1. The second kappa shape index (κ2) is 8.46. The van der Waals surface area contributed by atoms with Crippen molar-refractivity contribution in [3.05, 3.63) is 64.7 Å². The molecule has 0 saturated heterocycles. The van der Waals surface area contributed by atoms with Crippen molar-refractivity contribution >= 4 is 35.5 Å².